The molecule has 138 valence electrons. The van der Waals surface area contributed by atoms with Crippen LogP contribution in [0.25, 0.3) is 11.4 Å². The minimum Gasteiger partial charge on any atom is -0.369 e. The van der Waals surface area contributed by atoms with Crippen molar-refractivity contribution in [1.82, 2.24) is 20.2 Å². The molecule has 1 unspecified atom stereocenters. The highest BCUT2D eigenvalue weighted by Crippen LogP contribution is 2.16. The van der Waals surface area contributed by atoms with E-state index in [4.69, 9.17) is 5.73 Å². The van der Waals surface area contributed by atoms with Gasteiger partial charge >= 0.3 is 0 Å². The topological polar surface area (TPSA) is 84.1 Å². The van der Waals surface area contributed by atoms with Gasteiger partial charge in [0.2, 0.25) is 5.91 Å². The van der Waals surface area contributed by atoms with Gasteiger partial charge in [-0.2, -0.15) is 0 Å². The van der Waals surface area contributed by atoms with E-state index in [9.17, 15) is 4.79 Å². The van der Waals surface area contributed by atoms with Gasteiger partial charge in [0.1, 0.15) is 0 Å². The molecule has 1 atom stereocenters. The fourth-order valence-corrected chi connectivity index (χ4v) is 3.34. The molecule has 0 radical (unpaired) electrons. The zero-order valence-corrected chi connectivity index (χ0v) is 15.3. The lowest BCUT2D eigenvalue weighted by Gasteiger charge is -2.31. The minimum absolute atomic E-state index is 0.00585. The van der Waals surface area contributed by atoms with Crippen LogP contribution in [0.1, 0.15) is 24.0 Å². The van der Waals surface area contributed by atoms with Crippen molar-refractivity contribution in [3.8, 4) is 11.4 Å². The van der Waals surface area contributed by atoms with E-state index in [-0.39, 0.29) is 11.8 Å². The van der Waals surface area contributed by atoms with E-state index in [2.05, 4.69) is 39.2 Å². The Hall–Kier alpha value is -2.31. The first-order valence-corrected chi connectivity index (χ1v) is 9.22. The molecule has 2 heterocycles. The monoisotopic (exact) mass is 353 g/mol. The molecule has 1 aromatic heterocycles. The number of hydrogen-bond donors (Lipinski definition) is 2. The number of aromatic nitrogens is 2. The predicted molar refractivity (Wildman–Crippen MR) is 102 cm³/mol. The summed E-state index contributed by atoms with van der Waals surface area (Å²) in [6.45, 7) is 6.42. The molecule has 0 aliphatic carbocycles. The van der Waals surface area contributed by atoms with Gasteiger partial charge in [0.05, 0.1) is 5.92 Å². The van der Waals surface area contributed by atoms with Gasteiger partial charge in [0.25, 0.3) is 0 Å². The summed E-state index contributed by atoms with van der Waals surface area (Å²) < 4.78 is 0. The number of piperidine rings is 1. The fraction of sp³-hybridized carbons (Fsp3) is 0.450. The second-order valence-corrected chi connectivity index (χ2v) is 7.00. The molecule has 6 nitrogen and oxygen atoms in total. The maximum atomic E-state index is 11.3. The molecule has 0 bridgehead atoms. The van der Waals surface area contributed by atoms with E-state index < -0.39 is 0 Å². The third-order valence-electron chi connectivity index (χ3n) is 4.82. The van der Waals surface area contributed by atoms with Crippen molar-refractivity contribution in [3.05, 3.63) is 47.8 Å². The highest BCUT2D eigenvalue weighted by molar-refractivity contribution is 5.76. The zero-order chi connectivity index (χ0) is 18.4. The summed E-state index contributed by atoms with van der Waals surface area (Å²) in [4.78, 5) is 22.6. The van der Waals surface area contributed by atoms with Crippen molar-refractivity contribution < 1.29 is 4.79 Å². The van der Waals surface area contributed by atoms with Crippen LogP contribution in [0, 0.1) is 12.8 Å². The number of carbonyl (C=O) groups excluding carboxylic acids is 1. The molecule has 2 aromatic rings. The average Bonchev–Trinajstić information content (AvgIpc) is 2.66. The molecule has 6 heteroatoms. The molecular weight excluding hydrogens is 326 g/mol. The van der Waals surface area contributed by atoms with E-state index in [1.807, 2.05) is 24.5 Å². The van der Waals surface area contributed by atoms with Gasteiger partial charge in [-0.1, -0.05) is 23.8 Å². The Balaban J connectivity index is 1.43. The van der Waals surface area contributed by atoms with Gasteiger partial charge in [0.15, 0.2) is 5.82 Å². The summed E-state index contributed by atoms with van der Waals surface area (Å²) in [5.74, 6) is 0.586. The number of hydrogen-bond acceptors (Lipinski definition) is 5. The quantitative estimate of drug-likeness (QED) is 0.741. The Morgan fingerprint density at radius 3 is 2.88 bits per heavy atom. The van der Waals surface area contributed by atoms with Gasteiger partial charge in [-0.3, -0.25) is 4.79 Å². The van der Waals surface area contributed by atoms with Crippen molar-refractivity contribution in [3.63, 3.8) is 0 Å². The van der Waals surface area contributed by atoms with Crippen LogP contribution in [0.4, 0.5) is 0 Å². The molecule has 0 spiro atoms. The third kappa shape index (κ3) is 5.09. The molecule has 1 aliphatic rings. The van der Waals surface area contributed by atoms with E-state index in [1.165, 1.54) is 5.56 Å². The van der Waals surface area contributed by atoms with Crippen molar-refractivity contribution in [2.75, 3.05) is 26.2 Å². The lowest BCUT2D eigenvalue weighted by atomic mass is 9.97. The van der Waals surface area contributed by atoms with E-state index >= 15 is 0 Å². The van der Waals surface area contributed by atoms with Gasteiger partial charge in [0, 0.05) is 49.7 Å². The number of aryl methyl sites for hydroxylation is 1. The number of amides is 1. The van der Waals surface area contributed by atoms with Crippen molar-refractivity contribution in [1.29, 1.82) is 0 Å². The normalized spacial score (nSPS) is 18.0. The number of likely N-dealkylation sites (tertiary alicyclic amines) is 1. The molecular formula is C20H27N5O. The van der Waals surface area contributed by atoms with Gasteiger partial charge < -0.3 is 16.0 Å². The maximum absolute atomic E-state index is 11.3. The Kier molecular flexibility index (Phi) is 6.30. The van der Waals surface area contributed by atoms with Crippen LogP contribution in [0.2, 0.25) is 0 Å². The van der Waals surface area contributed by atoms with Crippen LogP contribution < -0.4 is 11.1 Å². The predicted octanol–water partition coefficient (Wildman–Crippen LogP) is 1.74. The van der Waals surface area contributed by atoms with Crippen LogP contribution in [0.3, 0.4) is 0 Å². The zero-order valence-electron chi connectivity index (χ0n) is 15.3. The number of nitrogens with two attached hydrogens (primary N) is 1. The summed E-state index contributed by atoms with van der Waals surface area (Å²) in [6, 6.07) is 8.20. The molecule has 1 aromatic carbocycles. The molecule has 1 amide bonds. The molecule has 1 aliphatic heterocycles. The molecule has 3 rings (SSSR count). The SMILES string of the molecule is Cc1cccc(-c2ncc(CNCCN3CCCC(C(N)=O)C3)cn2)c1. The van der Waals surface area contributed by atoms with E-state index in [0.29, 0.717) is 0 Å². The van der Waals surface area contributed by atoms with Crippen molar-refractivity contribution >= 4 is 5.91 Å². The first kappa shape index (κ1) is 18.5. The number of benzene rings is 1. The van der Waals surface area contributed by atoms with Crippen LogP contribution in [0.5, 0.6) is 0 Å². The summed E-state index contributed by atoms with van der Waals surface area (Å²) >= 11 is 0. The molecule has 1 fully saturated rings. The largest absolute Gasteiger partial charge is 0.369 e. The molecule has 26 heavy (non-hydrogen) atoms. The Morgan fingerprint density at radius 1 is 1.35 bits per heavy atom. The second-order valence-electron chi connectivity index (χ2n) is 7.00. The number of primary amides is 1. The van der Waals surface area contributed by atoms with E-state index in [1.54, 1.807) is 0 Å². The Morgan fingerprint density at radius 2 is 2.15 bits per heavy atom. The standard InChI is InChI=1S/C20H27N5O/c1-15-4-2-5-17(10-15)20-23-12-16(13-24-20)11-22-7-9-25-8-3-6-18(14-25)19(21)26/h2,4-5,10,12-13,18,22H,3,6-9,11,14H2,1H3,(H2,21,26). The first-order chi connectivity index (χ1) is 12.6. The lowest BCUT2D eigenvalue weighted by molar-refractivity contribution is -0.123. The smallest absolute Gasteiger partial charge is 0.221 e. The molecule has 3 N–H and O–H groups in total. The second kappa shape index (κ2) is 8.87. The number of nitrogens with zero attached hydrogens (tertiary/aromatic N) is 3. The van der Waals surface area contributed by atoms with Crippen LogP contribution in [-0.2, 0) is 11.3 Å². The molecule has 1 saturated heterocycles. The highest BCUT2D eigenvalue weighted by Gasteiger charge is 2.23. The maximum Gasteiger partial charge on any atom is 0.221 e. The number of rotatable bonds is 7. The van der Waals surface area contributed by atoms with E-state index in [0.717, 1.165) is 62.5 Å². The van der Waals surface area contributed by atoms with Gasteiger partial charge in [-0.05, 0) is 32.4 Å². The lowest BCUT2D eigenvalue weighted by Crippen LogP contribution is -2.43. The minimum atomic E-state index is -0.173. The van der Waals surface area contributed by atoms with Crippen molar-refractivity contribution in [2.45, 2.75) is 26.3 Å². The summed E-state index contributed by atoms with van der Waals surface area (Å²) in [5, 5.41) is 3.42. The number of nitrogens with one attached hydrogen (secondary N) is 1. The molecule has 0 saturated carbocycles. The van der Waals surface area contributed by atoms with Crippen LogP contribution >= 0.6 is 0 Å². The van der Waals surface area contributed by atoms with Crippen LogP contribution in [0.15, 0.2) is 36.7 Å². The van der Waals surface area contributed by atoms with Gasteiger partial charge in [-0.15, -0.1) is 0 Å². The van der Waals surface area contributed by atoms with Crippen molar-refractivity contribution in [2.24, 2.45) is 11.7 Å². The first-order valence-electron chi connectivity index (χ1n) is 9.22. The third-order valence-corrected chi connectivity index (χ3v) is 4.82. The summed E-state index contributed by atoms with van der Waals surface area (Å²) in [7, 11) is 0. The number of carbonyl (C=O) groups is 1. The highest BCUT2D eigenvalue weighted by atomic mass is 16.1. The van der Waals surface area contributed by atoms with Crippen LogP contribution in [-0.4, -0.2) is 47.0 Å². The summed E-state index contributed by atoms with van der Waals surface area (Å²) in [6.07, 6.45) is 5.72. The summed E-state index contributed by atoms with van der Waals surface area (Å²) in [5.41, 5.74) is 8.73. The Bertz CT molecular complexity index is 731. The fourth-order valence-electron chi connectivity index (χ4n) is 3.34. The average molecular weight is 353 g/mol. The van der Waals surface area contributed by atoms with Gasteiger partial charge in [-0.25, -0.2) is 9.97 Å². The Labute approximate surface area is 154 Å².